The summed E-state index contributed by atoms with van der Waals surface area (Å²) in [5.41, 5.74) is 3.38. The van der Waals surface area contributed by atoms with Crippen LogP contribution in [-0.2, 0) is 4.79 Å². The number of fused-ring (bicyclic) bond motifs is 1. The average Bonchev–Trinajstić information content (AvgIpc) is 3.08. The van der Waals surface area contributed by atoms with Crippen LogP contribution in [0.25, 0.3) is 10.8 Å². The van der Waals surface area contributed by atoms with Crippen LogP contribution in [0.1, 0.15) is 12.7 Å². The molecule has 0 bridgehead atoms. The van der Waals surface area contributed by atoms with Gasteiger partial charge in [-0.05, 0) is 42.0 Å². The zero-order chi connectivity index (χ0) is 16.1. The first-order valence-electron chi connectivity index (χ1n) is 7.34. The van der Waals surface area contributed by atoms with Crippen molar-refractivity contribution in [3.8, 4) is 0 Å². The first-order chi connectivity index (χ1) is 11.2. The van der Waals surface area contributed by atoms with E-state index in [2.05, 4.69) is 21.9 Å². The topological polar surface area (TPSA) is 66.6 Å². The summed E-state index contributed by atoms with van der Waals surface area (Å²) in [5.74, 6) is 0.362. The number of benzene rings is 2. The number of furan rings is 1. The van der Waals surface area contributed by atoms with Crippen LogP contribution in [0.3, 0.4) is 0 Å². The molecule has 0 fully saturated rings. The number of hydrazone groups is 1. The highest BCUT2D eigenvalue weighted by molar-refractivity contribution is 5.88. The molecule has 3 aromatic rings. The van der Waals surface area contributed by atoms with Crippen LogP contribution in [0.2, 0.25) is 0 Å². The number of carbonyl (C=O) groups is 1. The molecule has 0 radical (unpaired) electrons. The Hall–Kier alpha value is -3.08. The van der Waals surface area contributed by atoms with Gasteiger partial charge in [0.25, 0.3) is 5.91 Å². The van der Waals surface area contributed by atoms with Crippen LogP contribution < -0.4 is 10.7 Å². The van der Waals surface area contributed by atoms with Gasteiger partial charge < -0.3 is 9.73 Å². The molecule has 5 nitrogen and oxygen atoms in total. The van der Waals surface area contributed by atoms with Crippen molar-refractivity contribution in [3.63, 3.8) is 0 Å². The zero-order valence-electron chi connectivity index (χ0n) is 12.7. The first kappa shape index (κ1) is 14.8. The van der Waals surface area contributed by atoms with Crippen molar-refractivity contribution < 1.29 is 9.21 Å². The predicted octanol–water partition coefficient (Wildman–Crippen LogP) is 3.38. The van der Waals surface area contributed by atoms with E-state index in [4.69, 9.17) is 4.42 Å². The van der Waals surface area contributed by atoms with Crippen LogP contribution in [0.15, 0.2) is 70.4 Å². The van der Waals surface area contributed by atoms with E-state index >= 15 is 0 Å². The molecule has 0 unspecified atom stereocenters. The molecular weight excluding hydrogens is 290 g/mol. The third kappa shape index (κ3) is 3.77. The molecule has 2 aromatic carbocycles. The van der Waals surface area contributed by atoms with Gasteiger partial charge in [-0.3, -0.25) is 4.79 Å². The van der Waals surface area contributed by atoms with E-state index in [0.717, 1.165) is 11.1 Å². The lowest BCUT2D eigenvalue weighted by Gasteiger charge is -2.14. The SMILES string of the molecule is C[C@H](Nc1ccc2ccccc2c1)C(=O)N/N=C\c1ccco1. The maximum absolute atomic E-state index is 12.0. The van der Waals surface area contributed by atoms with Crippen LogP contribution in [0.5, 0.6) is 0 Å². The van der Waals surface area contributed by atoms with E-state index < -0.39 is 6.04 Å². The Balaban J connectivity index is 1.60. The van der Waals surface area contributed by atoms with Gasteiger partial charge in [0.05, 0.1) is 12.5 Å². The van der Waals surface area contributed by atoms with Gasteiger partial charge in [0.15, 0.2) is 0 Å². The molecule has 0 aliphatic heterocycles. The lowest BCUT2D eigenvalue weighted by atomic mass is 10.1. The Bertz CT molecular complexity index is 825. The van der Waals surface area contributed by atoms with Crippen LogP contribution in [-0.4, -0.2) is 18.2 Å². The molecule has 1 amide bonds. The Labute approximate surface area is 134 Å². The lowest BCUT2D eigenvalue weighted by molar-refractivity contribution is -0.121. The molecule has 0 saturated heterocycles. The van der Waals surface area contributed by atoms with E-state index in [-0.39, 0.29) is 5.91 Å². The van der Waals surface area contributed by atoms with Crippen molar-refractivity contribution in [2.45, 2.75) is 13.0 Å². The molecular formula is C18H17N3O2. The fourth-order valence-electron chi connectivity index (χ4n) is 2.22. The fraction of sp³-hybridized carbons (Fsp3) is 0.111. The van der Waals surface area contributed by atoms with Crippen molar-refractivity contribution in [3.05, 3.63) is 66.6 Å². The van der Waals surface area contributed by atoms with Gasteiger partial charge in [-0.15, -0.1) is 0 Å². The number of hydrogen-bond acceptors (Lipinski definition) is 4. The predicted molar refractivity (Wildman–Crippen MR) is 91.5 cm³/mol. The molecule has 5 heteroatoms. The summed E-state index contributed by atoms with van der Waals surface area (Å²) in [5, 5.41) is 9.33. The van der Waals surface area contributed by atoms with Gasteiger partial charge in [-0.25, -0.2) is 5.43 Å². The Kier molecular flexibility index (Phi) is 4.38. The maximum Gasteiger partial charge on any atom is 0.262 e. The first-order valence-corrected chi connectivity index (χ1v) is 7.34. The number of hydrogen-bond donors (Lipinski definition) is 2. The molecule has 23 heavy (non-hydrogen) atoms. The second kappa shape index (κ2) is 6.79. The smallest absolute Gasteiger partial charge is 0.262 e. The third-order valence-corrected chi connectivity index (χ3v) is 3.44. The number of carbonyl (C=O) groups excluding carboxylic acids is 1. The molecule has 1 heterocycles. The number of nitrogens with zero attached hydrogens (tertiary/aromatic N) is 1. The van der Waals surface area contributed by atoms with Crippen LogP contribution >= 0.6 is 0 Å². The van der Waals surface area contributed by atoms with Gasteiger partial charge in [-0.2, -0.15) is 5.10 Å². The van der Waals surface area contributed by atoms with Crippen molar-refractivity contribution in [2.75, 3.05) is 5.32 Å². The van der Waals surface area contributed by atoms with Crippen molar-refractivity contribution in [1.82, 2.24) is 5.43 Å². The zero-order valence-corrected chi connectivity index (χ0v) is 12.7. The second-order valence-electron chi connectivity index (χ2n) is 5.18. The van der Waals surface area contributed by atoms with Gasteiger partial charge in [0.2, 0.25) is 0 Å². The summed E-state index contributed by atoms with van der Waals surface area (Å²) >= 11 is 0. The normalized spacial score (nSPS) is 12.4. The van der Waals surface area contributed by atoms with Gasteiger partial charge >= 0.3 is 0 Å². The third-order valence-electron chi connectivity index (χ3n) is 3.44. The molecule has 116 valence electrons. The Morgan fingerprint density at radius 1 is 1.13 bits per heavy atom. The largest absolute Gasteiger partial charge is 0.463 e. The minimum Gasteiger partial charge on any atom is -0.463 e. The van der Waals surface area contributed by atoms with Crippen molar-refractivity contribution in [2.24, 2.45) is 5.10 Å². The van der Waals surface area contributed by atoms with Crippen molar-refractivity contribution in [1.29, 1.82) is 0 Å². The standard InChI is InChI=1S/C18H17N3O2/c1-13(18(22)21-19-12-17-7-4-10-23-17)20-16-9-8-14-5-2-3-6-15(14)11-16/h2-13,20H,1H3,(H,21,22)/b19-12-/t13-/m0/s1. The number of anilines is 1. The van der Waals surface area contributed by atoms with E-state index in [1.165, 1.54) is 11.6 Å². The highest BCUT2D eigenvalue weighted by Crippen LogP contribution is 2.19. The molecule has 1 atom stereocenters. The minimum absolute atomic E-state index is 0.221. The second-order valence-corrected chi connectivity index (χ2v) is 5.18. The van der Waals surface area contributed by atoms with Crippen LogP contribution in [0, 0.1) is 0 Å². The van der Waals surface area contributed by atoms with E-state index in [0.29, 0.717) is 5.76 Å². The summed E-state index contributed by atoms with van der Waals surface area (Å²) in [6.07, 6.45) is 3.01. The van der Waals surface area contributed by atoms with Crippen molar-refractivity contribution >= 4 is 28.6 Å². The van der Waals surface area contributed by atoms with Gasteiger partial charge in [0.1, 0.15) is 11.8 Å². The van der Waals surface area contributed by atoms with Gasteiger partial charge in [0, 0.05) is 5.69 Å². The lowest BCUT2D eigenvalue weighted by Crippen LogP contribution is -2.34. The van der Waals surface area contributed by atoms with Crippen LogP contribution in [0.4, 0.5) is 5.69 Å². The van der Waals surface area contributed by atoms with E-state index in [1.54, 1.807) is 25.3 Å². The summed E-state index contributed by atoms with van der Waals surface area (Å²) in [6, 6.07) is 17.2. The summed E-state index contributed by atoms with van der Waals surface area (Å²) in [7, 11) is 0. The average molecular weight is 307 g/mol. The molecule has 3 rings (SSSR count). The molecule has 0 aliphatic carbocycles. The van der Waals surface area contributed by atoms with E-state index in [1.807, 2.05) is 36.4 Å². The maximum atomic E-state index is 12.0. The monoisotopic (exact) mass is 307 g/mol. The molecule has 0 saturated carbocycles. The highest BCUT2D eigenvalue weighted by Gasteiger charge is 2.11. The minimum atomic E-state index is -0.412. The fourth-order valence-corrected chi connectivity index (χ4v) is 2.22. The van der Waals surface area contributed by atoms with Gasteiger partial charge in [-0.1, -0.05) is 30.3 Å². The number of rotatable bonds is 5. The summed E-state index contributed by atoms with van der Waals surface area (Å²) in [4.78, 5) is 12.0. The number of nitrogens with one attached hydrogen (secondary N) is 2. The summed E-state index contributed by atoms with van der Waals surface area (Å²) < 4.78 is 5.10. The number of amides is 1. The Morgan fingerprint density at radius 2 is 1.96 bits per heavy atom. The summed E-state index contributed by atoms with van der Waals surface area (Å²) in [6.45, 7) is 1.78. The highest BCUT2D eigenvalue weighted by atomic mass is 16.3. The molecule has 2 N–H and O–H groups in total. The molecule has 0 aliphatic rings. The molecule has 1 aromatic heterocycles. The Morgan fingerprint density at radius 3 is 2.74 bits per heavy atom. The molecule has 0 spiro atoms. The quantitative estimate of drug-likeness (QED) is 0.561. The van der Waals surface area contributed by atoms with E-state index in [9.17, 15) is 4.79 Å².